The van der Waals surface area contributed by atoms with Gasteiger partial charge in [-0.1, -0.05) is 84.9 Å². The highest BCUT2D eigenvalue weighted by atomic mass is 16.3. The van der Waals surface area contributed by atoms with Crippen molar-refractivity contribution >= 4 is 87.5 Å². The van der Waals surface area contributed by atoms with Gasteiger partial charge in [-0.3, -0.25) is 0 Å². The zero-order valence-corrected chi connectivity index (χ0v) is 27.9. The third-order valence-electron chi connectivity index (χ3n) is 10.9. The lowest BCUT2D eigenvalue weighted by Gasteiger charge is -2.11. The van der Waals surface area contributed by atoms with Crippen LogP contribution in [0.4, 0.5) is 0 Å². The Morgan fingerprint density at radius 2 is 0.731 bits per heavy atom. The van der Waals surface area contributed by atoms with Gasteiger partial charge in [0, 0.05) is 55.1 Å². The van der Waals surface area contributed by atoms with Crippen LogP contribution >= 0.6 is 0 Å². The van der Waals surface area contributed by atoms with Crippen molar-refractivity contribution in [3.8, 4) is 17.1 Å². The molecule has 5 aromatic heterocycles. The Morgan fingerprint density at radius 3 is 1.25 bits per heavy atom. The normalized spacial score (nSPS) is 12.2. The molecular weight excluding hydrogens is 637 g/mol. The van der Waals surface area contributed by atoms with E-state index < -0.39 is 0 Å². The Kier molecular flexibility index (Phi) is 5.44. The number of pyridine rings is 1. The number of nitrogens with zero attached hydrogens (tertiary/aromatic N) is 4. The van der Waals surface area contributed by atoms with E-state index in [4.69, 9.17) is 9.40 Å². The summed E-state index contributed by atoms with van der Waals surface area (Å²) in [6.07, 6.45) is 1.96. The van der Waals surface area contributed by atoms with Gasteiger partial charge in [-0.2, -0.15) is 0 Å². The molecule has 0 radical (unpaired) electrons. The molecule has 7 aromatic carbocycles. The highest BCUT2D eigenvalue weighted by Crippen LogP contribution is 2.39. The second-order valence-electron chi connectivity index (χ2n) is 13.6. The van der Waals surface area contributed by atoms with Crippen LogP contribution in [-0.4, -0.2) is 18.7 Å². The van der Waals surface area contributed by atoms with Crippen molar-refractivity contribution in [2.75, 3.05) is 0 Å². The van der Waals surface area contributed by atoms with Gasteiger partial charge in [0.2, 0.25) is 0 Å². The Labute approximate surface area is 296 Å². The summed E-state index contributed by atoms with van der Waals surface area (Å²) in [7, 11) is 0. The maximum atomic E-state index is 6.26. The second-order valence-corrected chi connectivity index (χ2v) is 13.6. The number of aromatic nitrogens is 4. The molecule has 0 spiro atoms. The summed E-state index contributed by atoms with van der Waals surface area (Å²) in [6, 6.07) is 58.7. The number of hydrogen-bond acceptors (Lipinski definition) is 2. The maximum Gasteiger partial charge on any atom is 0.155 e. The number of rotatable bonds is 3. The Hall–Kier alpha value is -7.11. The van der Waals surface area contributed by atoms with Gasteiger partial charge in [0.1, 0.15) is 11.1 Å². The third kappa shape index (κ3) is 3.69. The Morgan fingerprint density at radius 1 is 0.327 bits per heavy atom. The van der Waals surface area contributed by atoms with Crippen LogP contribution in [0.25, 0.3) is 105 Å². The van der Waals surface area contributed by atoms with Crippen molar-refractivity contribution in [1.29, 1.82) is 0 Å². The fourth-order valence-corrected chi connectivity index (χ4v) is 8.66. The molecule has 0 saturated carbocycles. The van der Waals surface area contributed by atoms with Gasteiger partial charge in [-0.05, 0) is 72.8 Å². The number of para-hydroxylation sites is 5. The first kappa shape index (κ1) is 27.7. The molecule has 12 rings (SSSR count). The molecule has 0 atom stereocenters. The van der Waals surface area contributed by atoms with E-state index in [0.717, 1.165) is 50.2 Å². The zero-order valence-electron chi connectivity index (χ0n) is 27.9. The van der Waals surface area contributed by atoms with Crippen LogP contribution in [0.2, 0.25) is 0 Å². The molecule has 0 unspecified atom stereocenters. The van der Waals surface area contributed by atoms with Crippen LogP contribution < -0.4 is 0 Å². The van der Waals surface area contributed by atoms with Crippen molar-refractivity contribution in [2.24, 2.45) is 0 Å². The van der Waals surface area contributed by atoms with E-state index in [1.807, 2.05) is 24.4 Å². The molecule has 5 nitrogen and oxygen atoms in total. The molecule has 5 heteroatoms. The quantitative estimate of drug-likeness (QED) is 0.189. The molecule has 0 aliphatic carbocycles. The van der Waals surface area contributed by atoms with E-state index in [0.29, 0.717) is 0 Å². The molecule has 242 valence electrons. The van der Waals surface area contributed by atoms with Gasteiger partial charge in [-0.15, -0.1) is 0 Å². The predicted octanol–water partition coefficient (Wildman–Crippen LogP) is 12.3. The molecule has 52 heavy (non-hydrogen) atoms. The monoisotopic (exact) mass is 664 g/mol. The molecule has 0 saturated heterocycles. The van der Waals surface area contributed by atoms with Gasteiger partial charge in [0.15, 0.2) is 5.58 Å². The van der Waals surface area contributed by atoms with E-state index in [9.17, 15) is 0 Å². The van der Waals surface area contributed by atoms with Gasteiger partial charge in [-0.25, -0.2) is 4.98 Å². The molecule has 12 aromatic rings. The largest absolute Gasteiger partial charge is 0.454 e. The third-order valence-corrected chi connectivity index (χ3v) is 10.9. The molecule has 5 heterocycles. The summed E-state index contributed by atoms with van der Waals surface area (Å²) >= 11 is 0. The van der Waals surface area contributed by atoms with Crippen molar-refractivity contribution in [3.63, 3.8) is 0 Å². The second kappa shape index (κ2) is 10.2. The smallest absolute Gasteiger partial charge is 0.155 e. The van der Waals surface area contributed by atoms with Crippen molar-refractivity contribution < 1.29 is 4.42 Å². The zero-order chi connectivity index (χ0) is 33.9. The molecule has 0 amide bonds. The average molecular weight is 665 g/mol. The molecule has 0 N–H and O–H groups in total. The van der Waals surface area contributed by atoms with Crippen molar-refractivity contribution in [3.05, 3.63) is 170 Å². The van der Waals surface area contributed by atoms with E-state index >= 15 is 0 Å². The fraction of sp³-hybridized carbons (Fsp3) is 0. The molecule has 0 aliphatic rings. The molecule has 0 fully saturated rings. The average Bonchev–Trinajstić information content (AvgIpc) is 3.93. The van der Waals surface area contributed by atoms with E-state index in [1.165, 1.54) is 54.4 Å². The van der Waals surface area contributed by atoms with Gasteiger partial charge in [0.05, 0.1) is 45.0 Å². The standard InChI is InChI=1S/C47H28N4O/c1-6-16-39-32(11-1)33-12-2-7-17-40(33)49(39)29-21-23-43-37(25-29)34-13-3-8-18-41(34)50(43)30-22-24-44-38(26-30)35-14-4-9-19-42(35)51(44)31-27-46-47(48-28-31)36-15-5-10-20-45(36)52-46/h1-28H. The van der Waals surface area contributed by atoms with E-state index in [2.05, 4.69) is 159 Å². The first-order valence-corrected chi connectivity index (χ1v) is 17.6. The van der Waals surface area contributed by atoms with Crippen LogP contribution in [0.3, 0.4) is 0 Å². The predicted molar refractivity (Wildman–Crippen MR) is 215 cm³/mol. The lowest BCUT2D eigenvalue weighted by atomic mass is 10.1. The first-order chi connectivity index (χ1) is 25.8. The minimum atomic E-state index is 0.784. The van der Waals surface area contributed by atoms with Crippen LogP contribution in [0, 0.1) is 0 Å². The number of hydrogen-bond donors (Lipinski definition) is 0. The topological polar surface area (TPSA) is 40.8 Å². The number of furan rings is 1. The van der Waals surface area contributed by atoms with Crippen LogP contribution in [0.15, 0.2) is 174 Å². The summed E-state index contributed by atoms with van der Waals surface area (Å²) in [5, 5.41) is 8.40. The van der Waals surface area contributed by atoms with Crippen molar-refractivity contribution in [1.82, 2.24) is 18.7 Å². The van der Waals surface area contributed by atoms with Gasteiger partial charge < -0.3 is 18.1 Å². The highest BCUT2D eigenvalue weighted by Gasteiger charge is 2.19. The summed E-state index contributed by atoms with van der Waals surface area (Å²) in [4.78, 5) is 4.90. The minimum Gasteiger partial charge on any atom is -0.454 e. The maximum absolute atomic E-state index is 6.26. The Balaban J connectivity index is 1.08. The SMILES string of the molecule is c1ccc2c(c1)oc1cc(-n3c4ccccc4c4cc(-n5c6ccccc6c6cc(-n7c8ccccc8c8ccccc87)ccc65)ccc43)cnc12. The first-order valence-electron chi connectivity index (χ1n) is 17.6. The molecular formula is C47H28N4O. The fourth-order valence-electron chi connectivity index (χ4n) is 8.66. The minimum absolute atomic E-state index is 0.784. The lowest BCUT2D eigenvalue weighted by Crippen LogP contribution is -1.97. The molecule has 0 bridgehead atoms. The van der Waals surface area contributed by atoms with E-state index in [-0.39, 0.29) is 0 Å². The number of fused-ring (bicyclic) bond motifs is 12. The highest BCUT2D eigenvalue weighted by molar-refractivity contribution is 6.14. The van der Waals surface area contributed by atoms with Gasteiger partial charge >= 0.3 is 0 Å². The summed E-state index contributed by atoms with van der Waals surface area (Å²) in [5.74, 6) is 0. The Bertz CT molecular complexity index is 3370. The van der Waals surface area contributed by atoms with Crippen LogP contribution in [0.5, 0.6) is 0 Å². The number of benzene rings is 7. The van der Waals surface area contributed by atoms with Crippen LogP contribution in [0.1, 0.15) is 0 Å². The van der Waals surface area contributed by atoms with Crippen molar-refractivity contribution in [2.45, 2.75) is 0 Å². The van der Waals surface area contributed by atoms with Crippen LogP contribution in [-0.2, 0) is 0 Å². The molecule has 0 aliphatic heterocycles. The van der Waals surface area contributed by atoms with Gasteiger partial charge in [0.25, 0.3) is 0 Å². The van der Waals surface area contributed by atoms with E-state index in [1.54, 1.807) is 0 Å². The summed E-state index contributed by atoms with van der Waals surface area (Å²) in [5.41, 5.74) is 12.8. The summed E-state index contributed by atoms with van der Waals surface area (Å²) in [6.45, 7) is 0. The summed E-state index contributed by atoms with van der Waals surface area (Å²) < 4.78 is 13.4. The lowest BCUT2D eigenvalue weighted by molar-refractivity contribution is 0.668.